The number of nitrogens with zero attached hydrogens (tertiary/aromatic N) is 1. The minimum Gasteiger partial charge on any atom is -0.329 e. The first-order valence-electron chi connectivity index (χ1n) is 4.20. The molecule has 1 aromatic heterocycles. The van der Waals surface area contributed by atoms with Crippen molar-refractivity contribution in [1.82, 2.24) is 9.71 Å². The number of rotatable bonds is 6. The van der Waals surface area contributed by atoms with E-state index in [9.17, 15) is 8.42 Å². The van der Waals surface area contributed by atoms with Crippen LogP contribution in [0.2, 0.25) is 0 Å². The van der Waals surface area contributed by atoms with E-state index in [1.807, 2.05) is 5.38 Å². The fourth-order valence-corrected chi connectivity index (χ4v) is 2.41. The lowest BCUT2D eigenvalue weighted by atomic mass is 10.5. The number of nitrogens with one attached hydrogen (secondary N) is 1. The monoisotopic (exact) mass is 235 g/mol. The standard InChI is InChI=1S/C7H13N3O2S2/c8-2-6-14(11,12)10-3-1-7-9-4-5-13-7/h4-5,10H,1-3,6,8H2. The van der Waals surface area contributed by atoms with Crippen molar-refractivity contribution in [1.29, 1.82) is 0 Å². The molecular weight excluding hydrogens is 222 g/mol. The van der Waals surface area contributed by atoms with Gasteiger partial charge in [-0.05, 0) is 0 Å². The van der Waals surface area contributed by atoms with E-state index in [1.165, 1.54) is 11.3 Å². The van der Waals surface area contributed by atoms with Crippen molar-refractivity contribution in [2.24, 2.45) is 5.73 Å². The summed E-state index contributed by atoms with van der Waals surface area (Å²) in [6.45, 7) is 0.530. The molecular formula is C7H13N3O2S2. The molecule has 0 spiro atoms. The van der Waals surface area contributed by atoms with Crippen molar-refractivity contribution >= 4 is 21.4 Å². The minimum atomic E-state index is -3.18. The predicted octanol–water partition coefficient (Wildman–Crippen LogP) is -0.436. The third kappa shape index (κ3) is 4.14. The Bertz CT molecular complexity index is 347. The zero-order valence-electron chi connectivity index (χ0n) is 7.64. The van der Waals surface area contributed by atoms with Crippen LogP contribution >= 0.6 is 11.3 Å². The van der Waals surface area contributed by atoms with Crippen molar-refractivity contribution in [3.8, 4) is 0 Å². The highest BCUT2D eigenvalue weighted by Gasteiger charge is 2.07. The molecule has 1 aromatic rings. The van der Waals surface area contributed by atoms with Gasteiger partial charge < -0.3 is 5.73 Å². The summed E-state index contributed by atoms with van der Waals surface area (Å²) in [4.78, 5) is 4.04. The van der Waals surface area contributed by atoms with Gasteiger partial charge in [0, 0.05) is 31.1 Å². The Kier molecular flexibility index (Phi) is 4.46. The number of aromatic nitrogens is 1. The summed E-state index contributed by atoms with van der Waals surface area (Å²) in [5.41, 5.74) is 5.15. The molecule has 0 unspecified atom stereocenters. The summed E-state index contributed by atoms with van der Waals surface area (Å²) < 4.78 is 24.8. The van der Waals surface area contributed by atoms with E-state index in [2.05, 4.69) is 9.71 Å². The largest absolute Gasteiger partial charge is 0.329 e. The zero-order valence-corrected chi connectivity index (χ0v) is 9.27. The van der Waals surface area contributed by atoms with E-state index in [1.54, 1.807) is 6.20 Å². The Balaban J connectivity index is 2.28. The van der Waals surface area contributed by atoms with E-state index in [0.717, 1.165) is 5.01 Å². The first kappa shape index (κ1) is 11.6. The molecule has 0 bridgehead atoms. The highest BCUT2D eigenvalue weighted by atomic mass is 32.2. The summed E-state index contributed by atoms with van der Waals surface area (Å²) in [6, 6.07) is 0. The second kappa shape index (κ2) is 5.40. The molecule has 14 heavy (non-hydrogen) atoms. The molecule has 0 amide bonds. The Morgan fingerprint density at radius 1 is 1.57 bits per heavy atom. The maximum Gasteiger partial charge on any atom is 0.212 e. The van der Waals surface area contributed by atoms with Crippen LogP contribution in [0.15, 0.2) is 11.6 Å². The topological polar surface area (TPSA) is 85.1 Å². The fourth-order valence-electron chi connectivity index (χ4n) is 0.917. The summed E-state index contributed by atoms with van der Waals surface area (Å²) >= 11 is 1.52. The van der Waals surface area contributed by atoms with Crippen LogP contribution in [0.4, 0.5) is 0 Å². The van der Waals surface area contributed by atoms with E-state index >= 15 is 0 Å². The summed E-state index contributed by atoms with van der Waals surface area (Å²) in [6.07, 6.45) is 2.33. The Morgan fingerprint density at radius 2 is 2.36 bits per heavy atom. The molecule has 0 aliphatic carbocycles. The molecule has 80 valence electrons. The van der Waals surface area contributed by atoms with Crippen LogP contribution in [0.3, 0.4) is 0 Å². The molecule has 0 aliphatic rings. The Hall–Kier alpha value is -0.500. The van der Waals surface area contributed by atoms with Crippen molar-refractivity contribution in [3.05, 3.63) is 16.6 Å². The molecule has 0 atom stereocenters. The van der Waals surface area contributed by atoms with E-state index in [0.29, 0.717) is 13.0 Å². The maximum atomic E-state index is 11.2. The lowest BCUT2D eigenvalue weighted by Crippen LogP contribution is -2.31. The van der Waals surface area contributed by atoms with Crippen LogP contribution in [0.1, 0.15) is 5.01 Å². The highest BCUT2D eigenvalue weighted by molar-refractivity contribution is 7.89. The van der Waals surface area contributed by atoms with Gasteiger partial charge in [0.05, 0.1) is 10.8 Å². The molecule has 1 heterocycles. The molecule has 0 aromatic carbocycles. The van der Waals surface area contributed by atoms with Crippen molar-refractivity contribution < 1.29 is 8.42 Å². The molecule has 0 fully saturated rings. The number of hydrogen-bond acceptors (Lipinski definition) is 5. The van der Waals surface area contributed by atoms with Gasteiger partial charge in [0.1, 0.15) is 0 Å². The van der Waals surface area contributed by atoms with Crippen LogP contribution in [0, 0.1) is 0 Å². The Morgan fingerprint density at radius 3 is 2.93 bits per heavy atom. The molecule has 5 nitrogen and oxygen atoms in total. The van der Waals surface area contributed by atoms with Crippen molar-refractivity contribution in [2.75, 3.05) is 18.8 Å². The number of sulfonamides is 1. The van der Waals surface area contributed by atoms with Gasteiger partial charge in [-0.25, -0.2) is 18.1 Å². The summed E-state index contributed by atoms with van der Waals surface area (Å²) in [7, 11) is -3.18. The number of hydrogen-bond donors (Lipinski definition) is 2. The van der Waals surface area contributed by atoms with Gasteiger partial charge in [0.25, 0.3) is 0 Å². The van der Waals surface area contributed by atoms with Crippen LogP contribution in [-0.4, -0.2) is 32.2 Å². The SMILES string of the molecule is NCCS(=O)(=O)NCCc1nccs1. The molecule has 0 saturated heterocycles. The average Bonchev–Trinajstić information content (AvgIpc) is 2.56. The number of thiazole rings is 1. The van der Waals surface area contributed by atoms with Gasteiger partial charge in [0.2, 0.25) is 10.0 Å². The van der Waals surface area contributed by atoms with Gasteiger partial charge >= 0.3 is 0 Å². The van der Waals surface area contributed by atoms with Crippen LogP contribution in [0.5, 0.6) is 0 Å². The zero-order chi connectivity index (χ0) is 10.4. The lowest BCUT2D eigenvalue weighted by molar-refractivity contribution is 0.581. The normalized spacial score (nSPS) is 11.8. The predicted molar refractivity (Wildman–Crippen MR) is 56.7 cm³/mol. The molecule has 0 radical (unpaired) electrons. The minimum absolute atomic E-state index is 0.0229. The molecule has 3 N–H and O–H groups in total. The summed E-state index contributed by atoms with van der Waals surface area (Å²) in [5, 5.41) is 2.80. The lowest BCUT2D eigenvalue weighted by Gasteiger charge is -2.03. The van der Waals surface area contributed by atoms with Crippen LogP contribution < -0.4 is 10.5 Å². The first-order chi connectivity index (χ1) is 6.64. The van der Waals surface area contributed by atoms with E-state index in [-0.39, 0.29) is 12.3 Å². The third-order valence-corrected chi connectivity index (χ3v) is 3.79. The second-order valence-corrected chi connectivity index (χ2v) is 5.58. The molecule has 7 heteroatoms. The quantitative estimate of drug-likeness (QED) is 0.700. The number of nitrogens with two attached hydrogens (primary N) is 1. The average molecular weight is 235 g/mol. The van der Waals surface area contributed by atoms with Crippen LogP contribution in [0.25, 0.3) is 0 Å². The second-order valence-electron chi connectivity index (χ2n) is 2.68. The van der Waals surface area contributed by atoms with Gasteiger partial charge in [-0.1, -0.05) is 0 Å². The van der Waals surface area contributed by atoms with Crippen molar-refractivity contribution in [2.45, 2.75) is 6.42 Å². The van der Waals surface area contributed by atoms with E-state index in [4.69, 9.17) is 5.73 Å². The fraction of sp³-hybridized carbons (Fsp3) is 0.571. The Labute approximate surface area is 87.4 Å². The summed E-state index contributed by atoms with van der Waals surface area (Å²) in [5.74, 6) is -0.0229. The van der Waals surface area contributed by atoms with Gasteiger partial charge in [-0.2, -0.15) is 0 Å². The van der Waals surface area contributed by atoms with Gasteiger partial charge in [-0.3, -0.25) is 0 Å². The van der Waals surface area contributed by atoms with Crippen LogP contribution in [-0.2, 0) is 16.4 Å². The molecule has 0 saturated carbocycles. The van der Waals surface area contributed by atoms with Crippen molar-refractivity contribution in [3.63, 3.8) is 0 Å². The smallest absolute Gasteiger partial charge is 0.212 e. The van der Waals surface area contributed by atoms with Gasteiger partial charge in [0.15, 0.2) is 0 Å². The molecule has 1 rings (SSSR count). The first-order valence-corrected chi connectivity index (χ1v) is 6.73. The highest BCUT2D eigenvalue weighted by Crippen LogP contribution is 2.03. The maximum absolute atomic E-state index is 11.2. The molecule has 0 aliphatic heterocycles. The third-order valence-electron chi connectivity index (χ3n) is 1.53. The van der Waals surface area contributed by atoms with E-state index < -0.39 is 10.0 Å². The van der Waals surface area contributed by atoms with Gasteiger partial charge in [-0.15, -0.1) is 11.3 Å².